The largest absolute Gasteiger partial charge is 0.460 e. The Labute approximate surface area is 373 Å². The van der Waals surface area contributed by atoms with E-state index in [0.717, 1.165) is 0 Å². The standard InChI is InChI=1S/C42H30N3O18P3/c1-7-31-37(52-19-46-31)13-25(1)58-64(59-26-2-8-32-38(14-26)53-20-47-32)43-65(60-27-3-9-33-39(15-27)54-21-48-33,61-28-4-10-34-40(16-28)55-22-49-34)45-66(44-64,62-29-5-11-35-41(17-29)56-23-50-35)63-30-6-12-36-42(18-30)57-24-51-36/h1-18H,19-24H2. The van der Waals surface area contributed by atoms with Crippen LogP contribution in [0.15, 0.2) is 123 Å². The summed E-state index contributed by atoms with van der Waals surface area (Å²) in [7, 11) is -13.2. The van der Waals surface area contributed by atoms with Crippen molar-refractivity contribution < 1.29 is 84.0 Å². The van der Waals surface area contributed by atoms with Crippen molar-refractivity contribution in [3.05, 3.63) is 109 Å². The first-order chi connectivity index (χ1) is 32.4. The first-order valence-electron chi connectivity index (χ1n) is 19.9. The van der Waals surface area contributed by atoms with Gasteiger partial charge in [-0.25, -0.2) is 0 Å². The molecule has 66 heavy (non-hydrogen) atoms. The van der Waals surface area contributed by atoms with E-state index in [-0.39, 0.29) is 75.3 Å². The van der Waals surface area contributed by atoms with Crippen LogP contribution in [0, 0.1) is 0 Å². The van der Waals surface area contributed by atoms with Gasteiger partial charge in [0.2, 0.25) is 40.8 Å². The van der Waals surface area contributed by atoms with Crippen LogP contribution >= 0.6 is 23.0 Å². The van der Waals surface area contributed by atoms with Crippen LogP contribution < -0.4 is 84.0 Å². The summed E-state index contributed by atoms with van der Waals surface area (Å²) in [6, 6.07) is 29.8. The first-order valence-corrected chi connectivity index (χ1v) is 24.5. The van der Waals surface area contributed by atoms with Gasteiger partial charge in [-0.05, 0) is 72.8 Å². The zero-order valence-electron chi connectivity index (χ0n) is 33.7. The fraction of sp³-hybridized carbons (Fsp3) is 0.143. The minimum atomic E-state index is -4.40. The molecule has 0 N–H and O–H groups in total. The third-order valence-corrected chi connectivity index (χ3v) is 18.2. The Morgan fingerprint density at radius 3 is 0.591 bits per heavy atom. The van der Waals surface area contributed by atoms with E-state index in [4.69, 9.17) is 97.5 Å². The van der Waals surface area contributed by atoms with Crippen LogP contribution in [0.1, 0.15) is 0 Å². The molecule has 13 rings (SSSR count). The van der Waals surface area contributed by atoms with Crippen LogP contribution in [0.3, 0.4) is 0 Å². The molecule has 0 saturated heterocycles. The van der Waals surface area contributed by atoms with E-state index in [2.05, 4.69) is 0 Å². The molecule has 7 aliphatic heterocycles. The van der Waals surface area contributed by atoms with Gasteiger partial charge < -0.3 is 84.0 Å². The van der Waals surface area contributed by atoms with Gasteiger partial charge in [-0.1, -0.05) is 13.5 Å². The maximum atomic E-state index is 6.99. The van der Waals surface area contributed by atoms with Crippen molar-refractivity contribution in [1.82, 2.24) is 0 Å². The van der Waals surface area contributed by atoms with Crippen LogP contribution in [0.25, 0.3) is 0 Å². The fourth-order valence-electron chi connectivity index (χ4n) is 7.18. The molecule has 0 saturated carbocycles. The zero-order valence-corrected chi connectivity index (χ0v) is 36.3. The van der Waals surface area contributed by atoms with Crippen molar-refractivity contribution in [2.45, 2.75) is 0 Å². The molecule has 0 unspecified atom stereocenters. The highest BCUT2D eigenvalue weighted by Gasteiger charge is 2.49. The van der Waals surface area contributed by atoms with Gasteiger partial charge in [-0.3, -0.25) is 0 Å². The van der Waals surface area contributed by atoms with Gasteiger partial charge in [-0.15, -0.1) is 0 Å². The van der Waals surface area contributed by atoms with Crippen molar-refractivity contribution in [3.8, 4) is 103 Å². The summed E-state index contributed by atoms with van der Waals surface area (Å²) in [5.74, 6) is 6.62. The van der Waals surface area contributed by atoms with Crippen LogP contribution in [-0.4, -0.2) is 40.8 Å². The Hall–Kier alpha value is -7.59. The maximum absolute atomic E-state index is 6.99. The maximum Gasteiger partial charge on any atom is 0.460 e. The molecule has 0 aromatic heterocycles. The lowest BCUT2D eigenvalue weighted by Crippen LogP contribution is -2.11. The molecule has 6 aromatic carbocycles. The van der Waals surface area contributed by atoms with Gasteiger partial charge >= 0.3 is 23.0 Å². The topological polar surface area (TPSA) is 203 Å². The van der Waals surface area contributed by atoms with Crippen molar-refractivity contribution in [3.63, 3.8) is 0 Å². The quantitative estimate of drug-likeness (QED) is 0.105. The molecule has 21 nitrogen and oxygen atoms in total. The van der Waals surface area contributed by atoms with Gasteiger partial charge in [-0.2, -0.15) is 0 Å². The van der Waals surface area contributed by atoms with E-state index in [0.29, 0.717) is 69.0 Å². The minimum Gasteiger partial charge on any atom is -0.454 e. The number of rotatable bonds is 12. The van der Waals surface area contributed by atoms with Gasteiger partial charge in [0, 0.05) is 36.4 Å². The smallest absolute Gasteiger partial charge is 0.454 e. The summed E-state index contributed by atoms with van der Waals surface area (Å²) in [5.41, 5.74) is 0. The van der Waals surface area contributed by atoms with Gasteiger partial charge in [0.05, 0.1) is 0 Å². The van der Waals surface area contributed by atoms with Gasteiger partial charge in [0.1, 0.15) is 34.5 Å². The van der Waals surface area contributed by atoms with Crippen molar-refractivity contribution in [1.29, 1.82) is 0 Å². The van der Waals surface area contributed by atoms with Gasteiger partial charge in [0.15, 0.2) is 69.0 Å². The highest BCUT2D eigenvalue weighted by atomic mass is 31.3. The molecule has 0 aliphatic carbocycles. The average molecular weight is 958 g/mol. The number of hydrogen-bond acceptors (Lipinski definition) is 21. The van der Waals surface area contributed by atoms with Crippen LogP contribution in [0.2, 0.25) is 0 Å². The second-order valence-corrected chi connectivity index (χ2v) is 20.6. The highest BCUT2D eigenvalue weighted by Crippen LogP contribution is 2.79. The second-order valence-electron chi connectivity index (χ2n) is 14.4. The lowest BCUT2D eigenvalue weighted by molar-refractivity contribution is 0.173. The summed E-state index contributed by atoms with van der Waals surface area (Å²) in [4.78, 5) is 0. The van der Waals surface area contributed by atoms with Crippen LogP contribution in [0.5, 0.6) is 103 Å². The second kappa shape index (κ2) is 15.3. The third-order valence-electron chi connectivity index (χ3n) is 10.1. The molecule has 0 spiro atoms. The van der Waals surface area contributed by atoms with Crippen LogP contribution in [0.4, 0.5) is 0 Å². The minimum absolute atomic E-state index is 0.00315. The Bertz CT molecular complexity index is 2630. The predicted molar refractivity (Wildman–Crippen MR) is 227 cm³/mol. The summed E-state index contributed by atoms with van der Waals surface area (Å²) in [6.45, 7) is 0.0189. The van der Waals surface area contributed by atoms with E-state index < -0.39 is 23.0 Å². The molecule has 0 atom stereocenters. The Morgan fingerprint density at radius 1 is 0.242 bits per heavy atom. The third kappa shape index (κ3) is 7.26. The molecule has 6 aromatic rings. The lowest BCUT2D eigenvalue weighted by Gasteiger charge is -2.33. The normalized spacial score (nSPS) is 18.0. The molecular weight excluding hydrogens is 927 g/mol. The summed E-state index contributed by atoms with van der Waals surface area (Å²) in [5, 5.41) is 0. The van der Waals surface area contributed by atoms with Crippen molar-refractivity contribution in [2.75, 3.05) is 40.8 Å². The number of fused-ring (bicyclic) bond motifs is 6. The Balaban J connectivity index is 1.08. The van der Waals surface area contributed by atoms with Crippen molar-refractivity contribution >= 4 is 23.0 Å². The number of ether oxygens (including phenoxy) is 12. The summed E-state index contributed by atoms with van der Waals surface area (Å²) < 4.78 is 126. The molecule has 0 bridgehead atoms. The molecule has 0 fully saturated rings. The first kappa shape index (κ1) is 38.8. The van der Waals surface area contributed by atoms with Crippen LogP contribution in [-0.2, 0) is 0 Å². The Morgan fingerprint density at radius 2 is 0.409 bits per heavy atom. The molecule has 0 radical (unpaired) electrons. The SMILES string of the molecule is c1cc2c(cc1OP1(Oc3ccc4c(c3)OCO4)=NP(Oc3ccc4c(c3)OCO4)(Oc3ccc4c(c3)OCO4)=NP(Oc3ccc4c(c3)OCO4)(Oc3ccc4c(c3)OCO4)=N1)OCO2. The average Bonchev–Trinajstić information content (AvgIpc) is 4.17. The molecule has 0 amide bonds. The van der Waals surface area contributed by atoms with Gasteiger partial charge in [0.25, 0.3) is 0 Å². The number of benzene rings is 6. The number of hydrogen-bond donors (Lipinski definition) is 0. The van der Waals surface area contributed by atoms with E-state index in [9.17, 15) is 0 Å². The van der Waals surface area contributed by atoms with E-state index in [1.54, 1.807) is 109 Å². The molecule has 336 valence electrons. The summed E-state index contributed by atoms with van der Waals surface area (Å²) >= 11 is 0. The zero-order chi connectivity index (χ0) is 43.7. The van der Waals surface area contributed by atoms with E-state index >= 15 is 0 Å². The highest BCUT2D eigenvalue weighted by molar-refractivity contribution is 7.79. The lowest BCUT2D eigenvalue weighted by atomic mass is 10.3. The molecule has 24 heteroatoms. The number of nitrogens with zero attached hydrogens (tertiary/aromatic N) is 3. The molecule has 7 heterocycles. The Kier molecular flexibility index (Phi) is 8.98. The predicted octanol–water partition coefficient (Wildman–Crippen LogP) is 10.7. The molecular formula is C42H30N3O18P3. The summed E-state index contributed by atoms with van der Waals surface area (Å²) in [6.07, 6.45) is 0. The molecule has 7 aliphatic rings. The van der Waals surface area contributed by atoms with E-state index in [1.165, 1.54) is 0 Å². The van der Waals surface area contributed by atoms with E-state index in [1.807, 2.05) is 0 Å². The van der Waals surface area contributed by atoms with Crippen molar-refractivity contribution in [2.24, 2.45) is 13.5 Å². The monoisotopic (exact) mass is 957 g/mol. The fourth-order valence-corrected chi connectivity index (χ4v) is 16.2.